The summed E-state index contributed by atoms with van der Waals surface area (Å²) in [4.78, 5) is 0. The van der Waals surface area contributed by atoms with E-state index in [1.165, 1.54) is 12.8 Å². The second kappa shape index (κ2) is 4.62. The van der Waals surface area contributed by atoms with Gasteiger partial charge >= 0.3 is 10.4 Å². The van der Waals surface area contributed by atoms with Crippen LogP contribution in [-0.4, -0.2) is 35.6 Å². The molecule has 68 valence electrons. The highest BCUT2D eigenvalue weighted by atomic mass is 32.3. The Labute approximate surface area is 65.5 Å². The molecular weight excluding hydrogens is 172 g/mol. The van der Waals surface area contributed by atoms with Gasteiger partial charge in [-0.1, -0.05) is 0 Å². The minimum Gasteiger partial charge on any atom is -0.269 e. The zero-order chi connectivity index (χ0) is 8.91. The van der Waals surface area contributed by atoms with Gasteiger partial charge in [0.25, 0.3) is 0 Å². The first kappa shape index (κ1) is 10.8. The Hall–Kier alpha value is -0.210. The number of nitrogens with zero attached hydrogens (tertiary/aromatic N) is 1. The molecule has 0 unspecified atom stereocenters. The molecule has 0 amide bonds. The average Bonchev–Trinajstić information content (AvgIpc) is 2.12. The van der Waals surface area contributed by atoms with E-state index < -0.39 is 10.4 Å². The minimum absolute atomic E-state index is 1.10. The first-order valence-corrected chi connectivity index (χ1v) is 4.49. The van der Waals surface area contributed by atoms with Gasteiger partial charge in [-0.15, -0.1) is 0 Å². The van der Waals surface area contributed by atoms with Crippen LogP contribution in [0.5, 0.6) is 0 Å². The molecule has 0 aromatic carbocycles. The van der Waals surface area contributed by atoms with Crippen molar-refractivity contribution < 1.29 is 17.5 Å². The van der Waals surface area contributed by atoms with Crippen LogP contribution in [0.3, 0.4) is 0 Å². The molecule has 0 aliphatic carbocycles. The van der Waals surface area contributed by atoms with Crippen molar-refractivity contribution in [3.8, 4) is 0 Å². The minimum atomic E-state index is -4.67. The molecule has 1 saturated heterocycles. The van der Waals surface area contributed by atoms with Crippen molar-refractivity contribution in [3.05, 3.63) is 0 Å². The van der Waals surface area contributed by atoms with E-state index in [1.54, 1.807) is 0 Å². The summed E-state index contributed by atoms with van der Waals surface area (Å²) in [5.74, 6) is 5.37. The zero-order valence-corrected chi connectivity index (χ0v) is 6.79. The zero-order valence-electron chi connectivity index (χ0n) is 5.97. The maximum atomic E-state index is 8.74. The summed E-state index contributed by atoms with van der Waals surface area (Å²) >= 11 is 0. The highest BCUT2D eigenvalue weighted by Crippen LogP contribution is 1.99. The second-order valence-corrected chi connectivity index (χ2v) is 3.09. The Morgan fingerprint density at radius 1 is 1.18 bits per heavy atom. The molecule has 0 spiro atoms. The van der Waals surface area contributed by atoms with Gasteiger partial charge in [0, 0.05) is 13.1 Å². The number of nitrogens with two attached hydrogens (primary N) is 1. The lowest BCUT2D eigenvalue weighted by atomic mass is 10.4. The molecule has 0 bridgehead atoms. The van der Waals surface area contributed by atoms with Crippen molar-refractivity contribution in [2.75, 3.05) is 13.1 Å². The summed E-state index contributed by atoms with van der Waals surface area (Å²) in [5.41, 5.74) is 0. The molecule has 0 saturated carbocycles. The van der Waals surface area contributed by atoms with Gasteiger partial charge in [-0.2, -0.15) is 8.42 Å². The Balaban J connectivity index is 0.000000187. The van der Waals surface area contributed by atoms with Crippen LogP contribution in [0.15, 0.2) is 0 Å². The van der Waals surface area contributed by atoms with Crippen molar-refractivity contribution >= 4 is 10.4 Å². The predicted octanol–water partition coefficient (Wildman–Crippen LogP) is -0.697. The molecule has 7 heteroatoms. The quantitative estimate of drug-likeness (QED) is 0.340. The summed E-state index contributed by atoms with van der Waals surface area (Å²) in [7, 11) is -4.67. The molecular formula is C4H12N2O4S. The molecule has 1 aliphatic heterocycles. The SMILES string of the molecule is NN1CCCC1.O=S(=O)(O)O. The molecule has 1 heterocycles. The lowest BCUT2D eigenvalue weighted by Crippen LogP contribution is -2.26. The normalized spacial score (nSPS) is 19.2. The highest BCUT2D eigenvalue weighted by molar-refractivity contribution is 7.79. The van der Waals surface area contributed by atoms with Crippen LogP contribution in [0.2, 0.25) is 0 Å². The van der Waals surface area contributed by atoms with Crippen LogP contribution in [0, 0.1) is 0 Å². The molecule has 6 nitrogen and oxygen atoms in total. The van der Waals surface area contributed by atoms with Crippen LogP contribution in [-0.2, 0) is 10.4 Å². The van der Waals surface area contributed by atoms with Crippen molar-refractivity contribution in [1.82, 2.24) is 5.01 Å². The molecule has 11 heavy (non-hydrogen) atoms. The molecule has 4 N–H and O–H groups in total. The number of rotatable bonds is 0. The maximum absolute atomic E-state index is 8.74. The van der Waals surface area contributed by atoms with Crippen LogP contribution >= 0.6 is 0 Å². The fraction of sp³-hybridized carbons (Fsp3) is 1.00. The number of hydrazine groups is 1. The van der Waals surface area contributed by atoms with E-state index in [9.17, 15) is 0 Å². The standard InChI is InChI=1S/C4H10N2.H2O4S/c5-6-3-1-2-4-6;1-5(2,3)4/h1-5H2;(H2,1,2,3,4). The molecule has 1 fully saturated rings. The molecule has 0 atom stereocenters. The van der Waals surface area contributed by atoms with E-state index in [4.69, 9.17) is 23.4 Å². The third-order valence-electron chi connectivity index (χ3n) is 1.14. The van der Waals surface area contributed by atoms with Crippen LogP contribution in [0.4, 0.5) is 0 Å². The molecule has 0 radical (unpaired) electrons. The summed E-state index contributed by atoms with van der Waals surface area (Å²) in [6.07, 6.45) is 2.58. The third-order valence-corrected chi connectivity index (χ3v) is 1.14. The van der Waals surface area contributed by atoms with Gasteiger partial charge in [0.15, 0.2) is 0 Å². The highest BCUT2D eigenvalue weighted by Gasteiger charge is 2.03. The Morgan fingerprint density at radius 2 is 1.45 bits per heavy atom. The van der Waals surface area contributed by atoms with E-state index in [1.807, 2.05) is 5.01 Å². The Morgan fingerprint density at radius 3 is 1.55 bits per heavy atom. The lowest BCUT2D eigenvalue weighted by molar-refractivity contribution is 0.355. The third kappa shape index (κ3) is 12.9. The first-order valence-electron chi connectivity index (χ1n) is 3.09. The fourth-order valence-electron chi connectivity index (χ4n) is 0.742. The topological polar surface area (TPSA) is 104 Å². The lowest BCUT2D eigenvalue weighted by Gasteiger charge is -2.01. The van der Waals surface area contributed by atoms with Gasteiger partial charge < -0.3 is 0 Å². The smallest absolute Gasteiger partial charge is 0.269 e. The van der Waals surface area contributed by atoms with Gasteiger partial charge in [0.1, 0.15) is 0 Å². The van der Waals surface area contributed by atoms with E-state index in [-0.39, 0.29) is 0 Å². The van der Waals surface area contributed by atoms with E-state index in [0.717, 1.165) is 13.1 Å². The summed E-state index contributed by atoms with van der Waals surface area (Å²) in [6.45, 7) is 2.19. The fourth-order valence-corrected chi connectivity index (χ4v) is 0.742. The van der Waals surface area contributed by atoms with Crippen molar-refractivity contribution in [3.63, 3.8) is 0 Å². The molecule has 0 aromatic heterocycles. The monoisotopic (exact) mass is 184 g/mol. The molecule has 1 rings (SSSR count). The maximum Gasteiger partial charge on any atom is 0.394 e. The van der Waals surface area contributed by atoms with Crippen molar-refractivity contribution in [2.24, 2.45) is 5.84 Å². The van der Waals surface area contributed by atoms with E-state index >= 15 is 0 Å². The number of hydrogen-bond donors (Lipinski definition) is 3. The summed E-state index contributed by atoms with van der Waals surface area (Å²) in [6, 6.07) is 0. The predicted molar refractivity (Wildman–Crippen MR) is 39.2 cm³/mol. The average molecular weight is 184 g/mol. The van der Waals surface area contributed by atoms with Crippen molar-refractivity contribution in [2.45, 2.75) is 12.8 Å². The Bertz CT molecular complexity index is 176. The number of hydrogen-bond acceptors (Lipinski definition) is 4. The van der Waals surface area contributed by atoms with Crippen LogP contribution < -0.4 is 5.84 Å². The summed E-state index contributed by atoms with van der Waals surface area (Å²) < 4.78 is 31.6. The van der Waals surface area contributed by atoms with Gasteiger partial charge in [-0.25, -0.2) is 5.01 Å². The van der Waals surface area contributed by atoms with Gasteiger partial charge in [0.2, 0.25) is 0 Å². The van der Waals surface area contributed by atoms with Crippen LogP contribution in [0.1, 0.15) is 12.8 Å². The van der Waals surface area contributed by atoms with Crippen molar-refractivity contribution in [1.29, 1.82) is 0 Å². The van der Waals surface area contributed by atoms with Gasteiger partial charge in [-0.3, -0.25) is 14.9 Å². The largest absolute Gasteiger partial charge is 0.394 e. The Kier molecular flexibility index (Phi) is 4.54. The first-order chi connectivity index (χ1) is 4.89. The van der Waals surface area contributed by atoms with Gasteiger partial charge in [0.05, 0.1) is 0 Å². The van der Waals surface area contributed by atoms with E-state index in [0.29, 0.717) is 0 Å². The van der Waals surface area contributed by atoms with E-state index in [2.05, 4.69) is 0 Å². The summed E-state index contributed by atoms with van der Waals surface area (Å²) in [5, 5.41) is 1.86. The second-order valence-electron chi connectivity index (χ2n) is 2.19. The molecule has 1 aliphatic rings. The van der Waals surface area contributed by atoms with Crippen LogP contribution in [0.25, 0.3) is 0 Å². The molecule has 0 aromatic rings. The van der Waals surface area contributed by atoms with Gasteiger partial charge in [-0.05, 0) is 12.8 Å².